The van der Waals surface area contributed by atoms with Crippen LogP contribution in [0.4, 0.5) is 11.5 Å². The molecule has 5 aromatic rings. The molecule has 0 bridgehead atoms. The van der Waals surface area contributed by atoms with Crippen LogP contribution in [0.1, 0.15) is 0 Å². The van der Waals surface area contributed by atoms with Gasteiger partial charge in [-0.15, -0.1) is 0 Å². The number of anilines is 2. The Morgan fingerprint density at radius 3 is 2.80 bits per heavy atom. The van der Waals surface area contributed by atoms with E-state index in [1.165, 1.54) is 11.5 Å². The van der Waals surface area contributed by atoms with E-state index in [0.29, 0.717) is 0 Å². The summed E-state index contributed by atoms with van der Waals surface area (Å²) in [6.45, 7) is 0. The average molecular weight is 343 g/mol. The SMILES string of the molecule is c1ccc(-c2nsc3cc(Nc4n[nH]c5cccnc45)ccc23)cc1. The van der Waals surface area contributed by atoms with E-state index in [2.05, 4.69) is 49.1 Å². The van der Waals surface area contributed by atoms with Gasteiger partial charge in [0.1, 0.15) is 5.52 Å². The number of nitrogens with one attached hydrogen (secondary N) is 2. The molecule has 0 atom stereocenters. The van der Waals surface area contributed by atoms with Crippen LogP contribution in [-0.2, 0) is 0 Å². The first kappa shape index (κ1) is 14.1. The van der Waals surface area contributed by atoms with Crippen molar-refractivity contribution >= 4 is 44.2 Å². The molecule has 120 valence electrons. The number of pyridine rings is 1. The molecule has 3 heterocycles. The predicted molar refractivity (Wildman–Crippen MR) is 102 cm³/mol. The molecule has 0 radical (unpaired) electrons. The van der Waals surface area contributed by atoms with Crippen LogP contribution in [0, 0.1) is 0 Å². The van der Waals surface area contributed by atoms with Gasteiger partial charge >= 0.3 is 0 Å². The van der Waals surface area contributed by atoms with Gasteiger partial charge in [0, 0.05) is 22.8 Å². The fourth-order valence-corrected chi connectivity index (χ4v) is 3.73. The summed E-state index contributed by atoms with van der Waals surface area (Å²) in [7, 11) is 0. The molecule has 0 aliphatic carbocycles. The molecule has 0 saturated carbocycles. The number of aromatic amines is 1. The Hall–Kier alpha value is -3.25. The van der Waals surface area contributed by atoms with Crippen molar-refractivity contribution in [3.8, 4) is 11.3 Å². The summed E-state index contributed by atoms with van der Waals surface area (Å²) >= 11 is 1.51. The lowest BCUT2D eigenvalue weighted by atomic mass is 10.1. The van der Waals surface area contributed by atoms with Gasteiger partial charge in [-0.1, -0.05) is 30.3 Å². The summed E-state index contributed by atoms with van der Waals surface area (Å²) in [6.07, 6.45) is 1.77. The van der Waals surface area contributed by atoms with Gasteiger partial charge in [-0.25, -0.2) is 0 Å². The molecule has 3 aromatic heterocycles. The Balaban J connectivity index is 1.53. The fraction of sp³-hybridized carbons (Fsp3) is 0. The zero-order chi connectivity index (χ0) is 16.6. The quantitative estimate of drug-likeness (QED) is 0.485. The molecular weight excluding hydrogens is 330 g/mol. The van der Waals surface area contributed by atoms with Crippen molar-refractivity contribution < 1.29 is 0 Å². The van der Waals surface area contributed by atoms with Crippen LogP contribution in [0.25, 0.3) is 32.4 Å². The van der Waals surface area contributed by atoms with Crippen LogP contribution in [0.5, 0.6) is 0 Å². The summed E-state index contributed by atoms with van der Waals surface area (Å²) in [5.41, 5.74) is 4.87. The third-order valence-corrected chi connectivity index (χ3v) is 4.91. The lowest BCUT2D eigenvalue weighted by Crippen LogP contribution is -1.91. The molecule has 5 nitrogen and oxygen atoms in total. The Kier molecular flexibility index (Phi) is 3.21. The zero-order valence-electron chi connectivity index (χ0n) is 13.1. The van der Waals surface area contributed by atoms with Crippen LogP contribution in [0.2, 0.25) is 0 Å². The largest absolute Gasteiger partial charge is 0.337 e. The van der Waals surface area contributed by atoms with E-state index < -0.39 is 0 Å². The third kappa shape index (κ3) is 2.43. The molecule has 0 aliphatic heterocycles. The third-order valence-electron chi connectivity index (χ3n) is 4.10. The first-order chi connectivity index (χ1) is 12.4. The highest BCUT2D eigenvalue weighted by Crippen LogP contribution is 2.33. The summed E-state index contributed by atoms with van der Waals surface area (Å²) in [4.78, 5) is 4.38. The van der Waals surface area contributed by atoms with Crippen LogP contribution in [-0.4, -0.2) is 19.6 Å². The molecule has 2 N–H and O–H groups in total. The molecule has 0 saturated heterocycles. The number of benzene rings is 2. The second-order valence-electron chi connectivity index (χ2n) is 5.70. The second kappa shape index (κ2) is 5.68. The molecule has 0 fully saturated rings. The number of aromatic nitrogens is 4. The highest BCUT2D eigenvalue weighted by atomic mass is 32.1. The summed E-state index contributed by atoms with van der Waals surface area (Å²) in [5, 5.41) is 11.8. The van der Waals surface area contributed by atoms with Gasteiger partial charge in [0.15, 0.2) is 5.82 Å². The van der Waals surface area contributed by atoms with E-state index in [-0.39, 0.29) is 0 Å². The highest BCUT2D eigenvalue weighted by Gasteiger charge is 2.11. The summed E-state index contributed by atoms with van der Waals surface area (Å²) in [6, 6.07) is 20.4. The molecular formula is C19H13N5S. The predicted octanol–water partition coefficient (Wildman–Crippen LogP) is 4.98. The number of nitrogens with zero attached hydrogens (tertiary/aromatic N) is 3. The van der Waals surface area contributed by atoms with E-state index in [9.17, 15) is 0 Å². The molecule has 0 aliphatic rings. The van der Waals surface area contributed by atoms with Crippen LogP contribution in [0.15, 0.2) is 66.9 Å². The average Bonchev–Trinajstić information content (AvgIpc) is 3.27. The van der Waals surface area contributed by atoms with E-state index >= 15 is 0 Å². The van der Waals surface area contributed by atoms with Gasteiger partial charge in [0.25, 0.3) is 0 Å². The van der Waals surface area contributed by atoms with Gasteiger partial charge in [-0.3, -0.25) is 10.1 Å². The van der Waals surface area contributed by atoms with Crippen molar-refractivity contribution in [3.63, 3.8) is 0 Å². The maximum Gasteiger partial charge on any atom is 0.178 e. The molecule has 0 amide bonds. The van der Waals surface area contributed by atoms with Gasteiger partial charge in [0.05, 0.1) is 15.9 Å². The number of hydrogen-bond acceptors (Lipinski definition) is 5. The monoisotopic (exact) mass is 343 g/mol. The maximum atomic E-state index is 4.63. The van der Waals surface area contributed by atoms with E-state index in [1.54, 1.807) is 6.20 Å². The molecule has 25 heavy (non-hydrogen) atoms. The molecule has 2 aromatic carbocycles. The topological polar surface area (TPSA) is 66.5 Å². The molecule has 5 rings (SSSR count). The summed E-state index contributed by atoms with van der Waals surface area (Å²) < 4.78 is 5.77. The van der Waals surface area contributed by atoms with Crippen LogP contribution in [0.3, 0.4) is 0 Å². The van der Waals surface area contributed by atoms with Gasteiger partial charge < -0.3 is 5.32 Å². The van der Waals surface area contributed by atoms with Crippen LogP contribution >= 0.6 is 11.5 Å². The zero-order valence-corrected chi connectivity index (χ0v) is 13.9. The van der Waals surface area contributed by atoms with E-state index in [0.717, 1.165) is 43.9 Å². The minimum absolute atomic E-state index is 0.725. The van der Waals surface area contributed by atoms with Crippen molar-refractivity contribution in [1.82, 2.24) is 19.6 Å². The Morgan fingerprint density at radius 1 is 0.960 bits per heavy atom. The lowest BCUT2D eigenvalue weighted by Gasteiger charge is -2.04. The Morgan fingerprint density at radius 2 is 1.88 bits per heavy atom. The van der Waals surface area contributed by atoms with Gasteiger partial charge in [-0.05, 0) is 41.9 Å². The number of fused-ring (bicyclic) bond motifs is 2. The van der Waals surface area contributed by atoms with Gasteiger partial charge in [-0.2, -0.15) is 9.47 Å². The van der Waals surface area contributed by atoms with Crippen molar-refractivity contribution in [2.24, 2.45) is 0 Å². The standard InChI is InChI=1S/C19H13N5S/c1-2-5-12(6-3-1)17-14-9-8-13(11-16(14)25-24-17)21-19-18-15(22-23-19)7-4-10-20-18/h1-11H,(H2,21,22,23). The smallest absolute Gasteiger partial charge is 0.178 e. The number of H-pyrrole nitrogens is 1. The maximum absolute atomic E-state index is 4.63. The summed E-state index contributed by atoms with van der Waals surface area (Å²) in [5.74, 6) is 0.725. The molecule has 6 heteroatoms. The Labute approximate surface area is 147 Å². The minimum atomic E-state index is 0.725. The van der Waals surface area contributed by atoms with Crippen molar-refractivity contribution in [3.05, 3.63) is 66.9 Å². The van der Waals surface area contributed by atoms with Crippen molar-refractivity contribution in [2.75, 3.05) is 5.32 Å². The second-order valence-corrected chi connectivity index (χ2v) is 6.51. The van der Waals surface area contributed by atoms with E-state index in [4.69, 9.17) is 0 Å². The fourth-order valence-electron chi connectivity index (χ4n) is 2.90. The number of rotatable bonds is 3. The number of hydrogen-bond donors (Lipinski definition) is 2. The first-order valence-electron chi connectivity index (χ1n) is 7.89. The molecule has 0 spiro atoms. The van der Waals surface area contributed by atoms with Crippen molar-refractivity contribution in [1.29, 1.82) is 0 Å². The Bertz CT molecular complexity index is 1180. The van der Waals surface area contributed by atoms with E-state index in [1.807, 2.05) is 36.4 Å². The van der Waals surface area contributed by atoms with Crippen LogP contribution < -0.4 is 5.32 Å². The molecule has 0 unspecified atom stereocenters. The highest BCUT2D eigenvalue weighted by molar-refractivity contribution is 7.13. The lowest BCUT2D eigenvalue weighted by molar-refractivity contribution is 1.12. The first-order valence-corrected chi connectivity index (χ1v) is 8.67. The minimum Gasteiger partial charge on any atom is -0.337 e. The van der Waals surface area contributed by atoms with Crippen molar-refractivity contribution in [2.45, 2.75) is 0 Å². The van der Waals surface area contributed by atoms with Gasteiger partial charge in [0.2, 0.25) is 0 Å². The normalized spacial score (nSPS) is 11.2.